The molecule has 1 atom stereocenters. The quantitative estimate of drug-likeness (QED) is 0.826. The molecule has 22 heavy (non-hydrogen) atoms. The van der Waals surface area contributed by atoms with Crippen LogP contribution in [0.15, 0.2) is 6.07 Å². The fraction of sp³-hybridized carbons (Fsp3) is 0.733. The monoisotopic (exact) mass is 327 g/mol. The molecule has 0 amide bonds. The second-order valence-corrected chi connectivity index (χ2v) is 8.36. The Morgan fingerprint density at radius 1 is 1.32 bits per heavy atom. The van der Waals surface area contributed by atoms with Crippen molar-refractivity contribution in [2.24, 2.45) is 5.92 Å². The number of nitrogens with zero attached hydrogens (tertiary/aromatic N) is 3. The van der Waals surface area contributed by atoms with Crippen molar-refractivity contribution in [3.05, 3.63) is 17.5 Å². The van der Waals surface area contributed by atoms with E-state index in [0.29, 0.717) is 19.1 Å². The Labute approximate surface area is 133 Å². The topological polar surface area (TPSA) is 72.4 Å². The maximum Gasteiger partial charge on any atom is 0.317 e. The third-order valence-electron chi connectivity index (χ3n) is 3.51. The first kappa shape index (κ1) is 17.1. The highest BCUT2D eigenvalue weighted by Crippen LogP contribution is 2.19. The van der Waals surface area contributed by atoms with Crippen molar-refractivity contribution in [3.63, 3.8) is 0 Å². The van der Waals surface area contributed by atoms with Crippen molar-refractivity contribution in [1.82, 2.24) is 14.3 Å². The predicted molar refractivity (Wildman–Crippen MR) is 85.4 cm³/mol. The molecule has 0 aliphatic carbocycles. The summed E-state index contributed by atoms with van der Waals surface area (Å²) in [6.07, 6.45) is 1.44. The molecule has 7 heteroatoms. The lowest BCUT2D eigenvalue weighted by atomic mass is 10.1. The SMILES string of the molecule is Cc1cc(C)nc(OC2CCCN(S(=O)(=O)CC(C)C)C2)n1. The van der Waals surface area contributed by atoms with Gasteiger partial charge in [0.25, 0.3) is 0 Å². The standard InChI is InChI=1S/C15H25N3O3S/c1-11(2)10-22(19,20)18-7-5-6-14(9-18)21-15-16-12(3)8-13(4)17-15/h8,11,14H,5-7,9-10H2,1-4H3. The molecule has 1 aromatic rings. The minimum atomic E-state index is -3.21. The smallest absolute Gasteiger partial charge is 0.317 e. The molecule has 2 heterocycles. The Bertz CT molecular complexity index is 596. The summed E-state index contributed by atoms with van der Waals surface area (Å²) >= 11 is 0. The molecule has 0 saturated carbocycles. The first-order chi connectivity index (χ1) is 10.3. The molecular formula is C15H25N3O3S. The van der Waals surface area contributed by atoms with Gasteiger partial charge in [-0.2, -0.15) is 4.31 Å². The molecule has 0 bridgehead atoms. The second kappa shape index (κ2) is 6.91. The van der Waals surface area contributed by atoms with Gasteiger partial charge in [0.2, 0.25) is 10.0 Å². The molecular weight excluding hydrogens is 302 g/mol. The summed E-state index contributed by atoms with van der Waals surface area (Å²) in [5.41, 5.74) is 1.70. The number of aromatic nitrogens is 2. The van der Waals surface area contributed by atoms with Crippen molar-refractivity contribution in [3.8, 4) is 6.01 Å². The van der Waals surface area contributed by atoms with Crippen LogP contribution in [0.5, 0.6) is 6.01 Å². The van der Waals surface area contributed by atoms with Gasteiger partial charge in [0.15, 0.2) is 0 Å². The molecule has 1 saturated heterocycles. The fourth-order valence-corrected chi connectivity index (χ4v) is 4.53. The summed E-state index contributed by atoms with van der Waals surface area (Å²) in [5.74, 6) is 0.300. The number of piperidine rings is 1. The molecule has 0 N–H and O–H groups in total. The molecule has 0 aromatic carbocycles. The van der Waals surface area contributed by atoms with Crippen LogP contribution in [0.25, 0.3) is 0 Å². The molecule has 0 spiro atoms. The summed E-state index contributed by atoms with van der Waals surface area (Å²) < 4.78 is 32.0. The number of sulfonamides is 1. The van der Waals surface area contributed by atoms with E-state index in [1.165, 1.54) is 0 Å². The zero-order valence-electron chi connectivity index (χ0n) is 13.7. The number of hydrogen-bond donors (Lipinski definition) is 0. The van der Waals surface area contributed by atoms with Gasteiger partial charge in [-0.15, -0.1) is 0 Å². The van der Waals surface area contributed by atoms with Gasteiger partial charge in [-0.3, -0.25) is 0 Å². The number of aryl methyl sites for hydroxylation is 2. The summed E-state index contributed by atoms with van der Waals surface area (Å²) in [7, 11) is -3.21. The lowest BCUT2D eigenvalue weighted by Crippen LogP contribution is -2.45. The van der Waals surface area contributed by atoms with Crippen LogP contribution in [0.3, 0.4) is 0 Å². The molecule has 1 unspecified atom stereocenters. The van der Waals surface area contributed by atoms with E-state index in [2.05, 4.69) is 9.97 Å². The zero-order chi connectivity index (χ0) is 16.3. The molecule has 2 rings (SSSR count). The van der Waals surface area contributed by atoms with Gasteiger partial charge >= 0.3 is 6.01 Å². The highest BCUT2D eigenvalue weighted by molar-refractivity contribution is 7.89. The normalized spacial score (nSPS) is 20.3. The second-order valence-electron chi connectivity index (χ2n) is 6.35. The number of ether oxygens (including phenoxy) is 1. The molecule has 1 aliphatic heterocycles. The van der Waals surface area contributed by atoms with Crippen LogP contribution in [-0.4, -0.2) is 47.6 Å². The number of rotatable bonds is 5. The Balaban J connectivity index is 2.04. The van der Waals surface area contributed by atoms with Crippen LogP contribution >= 0.6 is 0 Å². The lowest BCUT2D eigenvalue weighted by Gasteiger charge is -2.32. The average Bonchev–Trinajstić information content (AvgIpc) is 2.36. The van der Waals surface area contributed by atoms with Crippen molar-refractivity contribution in [1.29, 1.82) is 0 Å². The molecule has 0 radical (unpaired) electrons. The molecule has 6 nitrogen and oxygen atoms in total. The van der Waals surface area contributed by atoms with E-state index in [9.17, 15) is 8.42 Å². The van der Waals surface area contributed by atoms with Gasteiger partial charge in [-0.05, 0) is 38.7 Å². The van der Waals surface area contributed by atoms with E-state index in [-0.39, 0.29) is 17.8 Å². The van der Waals surface area contributed by atoms with Gasteiger partial charge in [-0.1, -0.05) is 13.8 Å². The van der Waals surface area contributed by atoms with Crippen molar-refractivity contribution in [2.45, 2.75) is 46.6 Å². The van der Waals surface area contributed by atoms with Crippen LogP contribution in [0.2, 0.25) is 0 Å². The van der Waals surface area contributed by atoms with Crippen molar-refractivity contribution < 1.29 is 13.2 Å². The van der Waals surface area contributed by atoms with Crippen molar-refractivity contribution >= 4 is 10.0 Å². The van der Waals surface area contributed by atoms with Crippen LogP contribution in [-0.2, 0) is 10.0 Å². The van der Waals surface area contributed by atoms with E-state index in [1.807, 2.05) is 33.8 Å². The van der Waals surface area contributed by atoms with Crippen LogP contribution < -0.4 is 4.74 Å². The summed E-state index contributed by atoms with van der Waals surface area (Å²) in [5, 5.41) is 0. The maximum absolute atomic E-state index is 12.3. The molecule has 1 aliphatic rings. The average molecular weight is 327 g/mol. The summed E-state index contributed by atoms with van der Waals surface area (Å²) in [6.45, 7) is 8.56. The van der Waals surface area contributed by atoms with Gasteiger partial charge < -0.3 is 4.74 Å². The predicted octanol–water partition coefficient (Wildman–Crippen LogP) is 1.92. The van der Waals surface area contributed by atoms with Crippen molar-refractivity contribution in [2.75, 3.05) is 18.8 Å². The maximum atomic E-state index is 12.3. The largest absolute Gasteiger partial charge is 0.459 e. The Morgan fingerprint density at radius 3 is 2.55 bits per heavy atom. The molecule has 124 valence electrons. The van der Waals surface area contributed by atoms with Gasteiger partial charge in [-0.25, -0.2) is 18.4 Å². The van der Waals surface area contributed by atoms with Crippen LogP contribution in [0.4, 0.5) is 0 Å². The third-order valence-corrected chi connectivity index (χ3v) is 5.72. The Kier molecular flexibility index (Phi) is 5.39. The first-order valence-electron chi connectivity index (χ1n) is 7.73. The van der Waals surface area contributed by atoms with E-state index in [1.54, 1.807) is 4.31 Å². The van der Waals surface area contributed by atoms with Crippen LogP contribution in [0.1, 0.15) is 38.1 Å². The minimum absolute atomic E-state index is 0.119. The molecule has 1 aromatic heterocycles. The van der Waals surface area contributed by atoms with E-state index in [4.69, 9.17) is 4.74 Å². The zero-order valence-corrected chi connectivity index (χ0v) is 14.6. The highest BCUT2D eigenvalue weighted by Gasteiger charge is 2.30. The van der Waals surface area contributed by atoms with Crippen LogP contribution in [0, 0.1) is 19.8 Å². The van der Waals surface area contributed by atoms with Gasteiger partial charge in [0, 0.05) is 17.9 Å². The van der Waals surface area contributed by atoms with Gasteiger partial charge in [0.05, 0.1) is 12.3 Å². The fourth-order valence-electron chi connectivity index (χ4n) is 2.68. The first-order valence-corrected chi connectivity index (χ1v) is 9.34. The van der Waals surface area contributed by atoms with E-state index in [0.717, 1.165) is 24.2 Å². The third kappa shape index (κ3) is 4.64. The Morgan fingerprint density at radius 2 is 1.95 bits per heavy atom. The molecule has 1 fully saturated rings. The van der Waals surface area contributed by atoms with E-state index >= 15 is 0 Å². The van der Waals surface area contributed by atoms with Gasteiger partial charge in [0.1, 0.15) is 6.10 Å². The Hall–Kier alpha value is -1.21. The van der Waals surface area contributed by atoms with E-state index < -0.39 is 10.0 Å². The summed E-state index contributed by atoms with van der Waals surface area (Å²) in [4.78, 5) is 8.52. The highest BCUT2D eigenvalue weighted by atomic mass is 32.2. The lowest BCUT2D eigenvalue weighted by molar-refractivity contribution is 0.118. The minimum Gasteiger partial charge on any atom is -0.459 e. The summed E-state index contributed by atoms with van der Waals surface area (Å²) in [6, 6.07) is 2.22. The number of hydrogen-bond acceptors (Lipinski definition) is 5.